The number of hydrogen-bond donors (Lipinski definition) is 0. The minimum atomic E-state index is 0.0218. The number of carbonyl (C=O) groups excluding carboxylic acids is 1. The quantitative estimate of drug-likeness (QED) is 0.452. The number of methoxy groups -OCH3 is 2. The lowest BCUT2D eigenvalue weighted by Crippen LogP contribution is -2.37. The van der Waals surface area contributed by atoms with Crippen molar-refractivity contribution in [2.24, 2.45) is 5.92 Å². The Labute approximate surface area is 215 Å². The van der Waals surface area contributed by atoms with Gasteiger partial charge >= 0.3 is 0 Å². The predicted molar refractivity (Wildman–Crippen MR) is 141 cm³/mol. The zero-order valence-corrected chi connectivity index (χ0v) is 22.1. The number of carbonyl (C=O) groups is 1. The Kier molecular flexibility index (Phi) is 9.10. The van der Waals surface area contributed by atoms with Crippen LogP contribution in [0.3, 0.4) is 0 Å². The molecule has 1 heterocycles. The molecule has 0 spiro atoms. The van der Waals surface area contributed by atoms with Crippen LogP contribution in [0.4, 0.5) is 5.69 Å². The Bertz CT molecular complexity index is 994. The van der Waals surface area contributed by atoms with E-state index in [-0.39, 0.29) is 23.8 Å². The molecule has 7 heteroatoms. The summed E-state index contributed by atoms with van der Waals surface area (Å²) >= 11 is 0. The molecule has 2 aromatic carbocycles. The highest BCUT2D eigenvalue weighted by atomic mass is 16.5. The molecule has 0 unspecified atom stereocenters. The molecule has 1 aliphatic carbocycles. The zero-order valence-electron chi connectivity index (χ0n) is 22.1. The molecule has 2 aliphatic rings. The second-order valence-electron chi connectivity index (χ2n) is 9.96. The standard InChI is InChI=1S/C29H40N2O5/c1-30(2)29(32)23-9-13-27(25(19-23)22-7-10-24(34-4)11-8-22)36-20-21-6-12-28-26(18-21)31(15-17-35-28)14-5-16-33-3/h6-8,10-12,18,23,25,27H,5,9,13-17,19-20H2,1-4H3/t23-,25-,27+/m1/s1. The van der Waals surface area contributed by atoms with Crippen LogP contribution in [0, 0.1) is 5.92 Å². The van der Waals surface area contributed by atoms with Gasteiger partial charge < -0.3 is 28.7 Å². The Hall–Kier alpha value is -2.77. The number of fused-ring (bicyclic) bond motifs is 1. The normalized spacial score (nSPS) is 21.4. The van der Waals surface area contributed by atoms with Crippen molar-refractivity contribution in [3.05, 3.63) is 53.6 Å². The maximum absolute atomic E-state index is 12.8. The van der Waals surface area contributed by atoms with Gasteiger partial charge in [0.25, 0.3) is 0 Å². The molecule has 1 saturated carbocycles. The fraction of sp³-hybridized carbons (Fsp3) is 0.552. The van der Waals surface area contributed by atoms with E-state index < -0.39 is 0 Å². The van der Waals surface area contributed by atoms with E-state index in [0.29, 0.717) is 13.2 Å². The fourth-order valence-corrected chi connectivity index (χ4v) is 5.38. The molecule has 7 nitrogen and oxygen atoms in total. The van der Waals surface area contributed by atoms with Crippen molar-refractivity contribution in [2.75, 3.05) is 59.5 Å². The molecule has 0 aromatic heterocycles. The van der Waals surface area contributed by atoms with Gasteiger partial charge in [0.15, 0.2) is 0 Å². The summed E-state index contributed by atoms with van der Waals surface area (Å²) in [5.74, 6) is 2.15. The number of ether oxygens (including phenoxy) is 4. The number of amides is 1. The Morgan fingerprint density at radius 1 is 1.11 bits per heavy atom. The summed E-state index contributed by atoms with van der Waals surface area (Å²) in [6.07, 6.45) is 3.53. The van der Waals surface area contributed by atoms with Gasteiger partial charge in [-0.1, -0.05) is 18.2 Å². The first-order chi connectivity index (χ1) is 17.5. The van der Waals surface area contributed by atoms with Crippen molar-refractivity contribution in [2.45, 2.75) is 44.3 Å². The topological polar surface area (TPSA) is 60.5 Å². The second-order valence-corrected chi connectivity index (χ2v) is 9.96. The molecule has 0 saturated heterocycles. The summed E-state index contributed by atoms with van der Waals surface area (Å²) in [6.45, 7) is 3.81. The van der Waals surface area contributed by atoms with Crippen LogP contribution in [-0.2, 0) is 20.9 Å². The van der Waals surface area contributed by atoms with E-state index in [1.165, 1.54) is 5.56 Å². The zero-order chi connectivity index (χ0) is 25.5. The van der Waals surface area contributed by atoms with Gasteiger partial charge in [0.1, 0.15) is 18.1 Å². The van der Waals surface area contributed by atoms with Gasteiger partial charge in [0.05, 0.1) is 32.1 Å². The average Bonchev–Trinajstić information content (AvgIpc) is 2.91. The lowest BCUT2D eigenvalue weighted by molar-refractivity contribution is -0.135. The molecule has 4 rings (SSSR count). The van der Waals surface area contributed by atoms with Crippen LogP contribution in [-0.4, -0.2) is 71.5 Å². The van der Waals surface area contributed by atoms with Gasteiger partial charge in [-0.15, -0.1) is 0 Å². The summed E-state index contributed by atoms with van der Waals surface area (Å²) in [6, 6.07) is 14.6. The largest absolute Gasteiger partial charge is 0.497 e. The summed E-state index contributed by atoms with van der Waals surface area (Å²) in [5.41, 5.74) is 3.46. The van der Waals surface area contributed by atoms with Gasteiger partial charge in [-0.3, -0.25) is 4.79 Å². The molecule has 196 valence electrons. The Morgan fingerprint density at radius 2 is 1.92 bits per heavy atom. The fourth-order valence-electron chi connectivity index (χ4n) is 5.38. The first-order valence-electron chi connectivity index (χ1n) is 13.0. The monoisotopic (exact) mass is 496 g/mol. The molecular formula is C29H40N2O5. The third kappa shape index (κ3) is 6.31. The number of rotatable bonds is 10. The first-order valence-corrected chi connectivity index (χ1v) is 13.0. The lowest BCUT2D eigenvalue weighted by atomic mass is 9.75. The molecule has 1 aliphatic heterocycles. The Morgan fingerprint density at radius 3 is 2.64 bits per heavy atom. The second kappa shape index (κ2) is 12.5. The number of anilines is 1. The van der Waals surface area contributed by atoms with E-state index in [1.807, 2.05) is 26.2 Å². The SMILES string of the molecule is COCCCN1CCOc2ccc(CO[C@H]3CC[C@@H](C(=O)N(C)C)C[C@@H]3c3ccc(OC)cc3)cc21. The molecule has 1 fully saturated rings. The van der Waals surface area contributed by atoms with Crippen molar-refractivity contribution in [3.63, 3.8) is 0 Å². The van der Waals surface area contributed by atoms with Crippen LogP contribution >= 0.6 is 0 Å². The van der Waals surface area contributed by atoms with E-state index in [1.54, 1.807) is 19.1 Å². The molecule has 1 amide bonds. The minimum absolute atomic E-state index is 0.0218. The van der Waals surface area contributed by atoms with Gasteiger partial charge in [0, 0.05) is 46.2 Å². The van der Waals surface area contributed by atoms with E-state index >= 15 is 0 Å². The lowest BCUT2D eigenvalue weighted by Gasteiger charge is -2.37. The molecule has 0 N–H and O–H groups in total. The molecule has 2 aromatic rings. The number of benzene rings is 2. The van der Waals surface area contributed by atoms with Gasteiger partial charge in [-0.25, -0.2) is 0 Å². The maximum Gasteiger partial charge on any atom is 0.225 e. The first kappa shape index (κ1) is 26.3. The highest BCUT2D eigenvalue weighted by Gasteiger charge is 2.36. The van der Waals surface area contributed by atoms with Crippen molar-refractivity contribution in [1.82, 2.24) is 4.90 Å². The molecule has 3 atom stereocenters. The van der Waals surface area contributed by atoms with Crippen LogP contribution in [0.1, 0.15) is 42.7 Å². The van der Waals surface area contributed by atoms with Crippen molar-refractivity contribution >= 4 is 11.6 Å². The number of hydrogen-bond acceptors (Lipinski definition) is 6. The van der Waals surface area contributed by atoms with E-state index in [9.17, 15) is 4.79 Å². The number of nitrogens with zero attached hydrogens (tertiary/aromatic N) is 2. The molecule has 0 radical (unpaired) electrons. The summed E-state index contributed by atoms with van der Waals surface area (Å²) < 4.78 is 23.1. The van der Waals surface area contributed by atoms with Crippen LogP contribution in [0.2, 0.25) is 0 Å². The summed E-state index contributed by atoms with van der Waals surface area (Å²) in [7, 11) is 7.10. The highest BCUT2D eigenvalue weighted by molar-refractivity contribution is 5.78. The van der Waals surface area contributed by atoms with Gasteiger partial charge in [-0.2, -0.15) is 0 Å². The van der Waals surface area contributed by atoms with Crippen molar-refractivity contribution < 1.29 is 23.7 Å². The van der Waals surface area contributed by atoms with Crippen molar-refractivity contribution in [3.8, 4) is 11.5 Å². The maximum atomic E-state index is 12.8. The Balaban J connectivity index is 1.47. The third-order valence-electron chi connectivity index (χ3n) is 7.34. The summed E-state index contributed by atoms with van der Waals surface area (Å²) in [5, 5.41) is 0. The van der Waals surface area contributed by atoms with Crippen molar-refractivity contribution in [1.29, 1.82) is 0 Å². The van der Waals surface area contributed by atoms with Gasteiger partial charge in [0.2, 0.25) is 5.91 Å². The van der Waals surface area contributed by atoms with Crippen LogP contribution < -0.4 is 14.4 Å². The average molecular weight is 497 g/mol. The minimum Gasteiger partial charge on any atom is -0.497 e. The predicted octanol–water partition coefficient (Wildman–Crippen LogP) is 4.49. The van der Waals surface area contributed by atoms with Crippen LogP contribution in [0.15, 0.2) is 42.5 Å². The van der Waals surface area contributed by atoms with Crippen LogP contribution in [0.5, 0.6) is 11.5 Å². The van der Waals surface area contributed by atoms with E-state index in [4.69, 9.17) is 18.9 Å². The molecule has 0 bridgehead atoms. The van der Waals surface area contributed by atoms with E-state index in [0.717, 1.165) is 68.1 Å². The van der Waals surface area contributed by atoms with Crippen LogP contribution in [0.25, 0.3) is 0 Å². The smallest absolute Gasteiger partial charge is 0.225 e. The summed E-state index contributed by atoms with van der Waals surface area (Å²) in [4.78, 5) is 16.9. The molecule has 36 heavy (non-hydrogen) atoms. The highest BCUT2D eigenvalue weighted by Crippen LogP contribution is 2.40. The molecular weight excluding hydrogens is 456 g/mol. The van der Waals surface area contributed by atoms with Gasteiger partial charge in [-0.05, 0) is 61.1 Å². The van der Waals surface area contributed by atoms with E-state index in [2.05, 4.69) is 35.2 Å². The third-order valence-corrected chi connectivity index (χ3v) is 7.34.